The Morgan fingerprint density at radius 1 is 1.23 bits per heavy atom. The van der Waals surface area contributed by atoms with Gasteiger partial charge in [0.05, 0.1) is 0 Å². The van der Waals surface area contributed by atoms with E-state index < -0.39 is 0 Å². The Bertz CT molecular complexity index is 294. The van der Waals surface area contributed by atoms with E-state index in [4.69, 9.17) is 0 Å². The topological polar surface area (TPSA) is 30.0 Å². The zero-order valence-electron chi connectivity index (χ0n) is 7.57. The summed E-state index contributed by atoms with van der Waals surface area (Å²) in [6.07, 6.45) is 7.55. The van der Waals surface area contributed by atoms with Crippen LogP contribution in [0.3, 0.4) is 0 Å². The predicted molar refractivity (Wildman–Crippen MR) is 50.5 cm³/mol. The first-order chi connectivity index (χ1) is 6.38. The standard InChI is InChI=1S/C11H13NO/c13-11-4-2-1-3-10(11)9-5-7-12-8-6-9/h5-8,10H,1-4H2. The first kappa shape index (κ1) is 8.42. The Labute approximate surface area is 78.0 Å². The van der Waals surface area contributed by atoms with Crippen LogP contribution in [0.15, 0.2) is 24.5 Å². The smallest absolute Gasteiger partial charge is 0.140 e. The highest BCUT2D eigenvalue weighted by molar-refractivity contribution is 5.86. The number of hydrogen-bond donors (Lipinski definition) is 0. The molecule has 2 heteroatoms. The maximum absolute atomic E-state index is 11.6. The number of carbonyl (C=O) groups excluding carboxylic acids is 1. The number of rotatable bonds is 1. The minimum Gasteiger partial charge on any atom is -0.299 e. The third-order valence-electron chi connectivity index (χ3n) is 2.66. The highest BCUT2D eigenvalue weighted by atomic mass is 16.1. The van der Waals surface area contributed by atoms with Crippen LogP contribution >= 0.6 is 0 Å². The van der Waals surface area contributed by atoms with E-state index in [2.05, 4.69) is 4.98 Å². The quantitative estimate of drug-likeness (QED) is 0.655. The monoisotopic (exact) mass is 175 g/mol. The molecule has 2 nitrogen and oxygen atoms in total. The molecule has 0 bridgehead atoms. The van der Waals surface area contributed by atoms with Crippen molar-refractivity contribution in [3.63, 3.8) is 0 Å². The van der Waals surface area contributed by atoms with Gasteiger partial charge in [-0.1, -0.05) is 6.42 Å². The minimum absolute atomic E-state index is 0.150. The number of hydrogen-bond acceptors (Lipinski definition) is 2. The summed E-state index contributed by atoms with van der Waals surface area (Å²) >= 11 is 0. The van der Waals surface area contributed by atoms with Crippen molar-refractivity contribution >= 4 is 5.78 Å². The summed E-state index contributed by atoms with van der Waals surface area (Å²) < 4.78 is 0. The molecule has 1 aliphatic rings. The second kappa shape index (κ2) is 3.69. The molecule has 0 amide bonds. The third-order valence-corrected chi connectivity index (χ3v) is 2.66. The van der Waals surface area contributed by atoms with Gasteiger partial charge in [-0.05, 0) is 30.5 Å². The van der Waals surface area contributed by atoms with Crippen molar-refractivity contribution in [1.29, 1.82) is 0 Å². The van der Waals surface area contributed by atoms with E-state index >= 15 is 0 Å². The molecule has 1 atom stereocenters. The summed E-state index contributed by atoms with van der Waals surface area (Å²) in [6.45, 7) is 0. The first-order valence-electron chi connectivity index (χ1n) is 4.80. The van der Waals surface area contributed by atoms with Crippen LogP contribution < -0.4 is 0 Å². The second-order valence-corrected chi connectivity index (χ2v) is 3.55. The lowest BCUT2D eigenvalue weighted by atomic mass is 9.83. The van der Waals surface area contributed by atoms with Crippen molar-refractivity contribution in [2.75, 3.05) is 0 Å². The molecule has 13 heavy (non-hydrogen) atoms. The van der Waals surface area contributed by atoms with E-state index in [-0.39, 0.29) is 5.92 Å². The van der Waals surface area contributed by atoms with Gasteiger partial charge in [0.15, 0.2) is 0 Å². The summed E-state index contributed by atoms with van der Waals surface area (Å²) in [5.41, 5.74) is 1.14. The van der Waals surface area contributed by atoms with Gasteiger partial charge < -0.3 is 0 Å². The lowest BCUT2D eigenvalue weighted by Gasteiger charge is -2.20. The second-order valence-electron chi connectivity index (χ2n) is 3.55. The van der Waals surface area contributed by atoms with Gasteiger partial charge in [0, 0.05) is 24.7 Å². The number of ketones is 1. The van der Waals surface area contributed by atoms with Crippen molar-refractivity contribution in [3.8, 4) is 0 Å². The van der Waals surface area contributed by atoms with Gasteiger partial charge >= 0.3 is 0 Å². The third kappa shape index (κ3) is 1.77. The van der Waals surface area contributed by atoms with Crippen LogP contribution in [-0.2, 0) is 4.79 Å². The number of pyridine rings is 1. The normalized spacial score (nSPS) is 23.1. The zero-order valence-corrected chi connectivity index (χ0v) is 7.57. The highest BCUT2D eigenvalue weighted by Crippen LogP contribution is 2.29. The van der Waals surface area contributed by atoms with Gasteiger partial charge in [-0.2, -0.15) is 0 Å². The molecule has 1 unspecified atom stereocenters. The molecule has 1 aromatic rings. The molecule has 1 aromatic heterocycles. The minimum atomic E-state index is 0.150. The fraction of sp³-hybridized carbons (Fsp3) is 0.455. The van der Waals surface area contributed by atoms with Crippen molar-refractivity contribution in [2.45, 2.75) is 31.6 Å². The molecule has 1 aliphatic carbocycles. The van der Waals surface area contributed by atoms with E-state index in [1.54, 1.807) is 12.4 Å². The lowest BCUT2D eigenvalue weighted by molar-refractivity contribution is -0.121. The summed E-state index contributed by atoms with van der Waals surface area (Å²) in [6, 6.07) is 3.90. The van der Waals surface area contributed by atoms with Crippen molar-refractivity contribution in [1.82, 2.24) is 4.98 Å². The van der Waals surface area contributed by atoms with Crippen LogP contribution in [0.4, 0.5) is 0 Å². The molecule has 68 valence electrons. The summed E-state index contributed by atoms with van der Waals surface area (Å²) in [5.74, 6) is 0.550. The van der Waals surface area contributed by atoms with Gasteiger partial charge in [-0.25, -0.2) is 0 Å². The van der Waals surface area contributed by atoms with Crippen LogP contribution in [0, 0.1) is 0 Å². The van der Waals surface area contributed by atoms with Crippen molar-refractivity contribution < 1.29 is 4.79 Å². The number of Topliss-reactive ketones (excluding diaryl/α,β-unsaturated/α-hetero) is 1. The molecule has 0 saturated heterocycles. The molecule has 0 radical (unpaired) electrons. The van der Waals surface area contributed by atoms with Crippen LogP contribution in [0.25, 0.3) is 0 Å². The first-order valence-corrected chi connectivity index (χ1v) is 4.80. The van der Waals surface area contributed by atoms with Crippen molar-refractivity contribution in [2.24, 2.45) is 0 Å². The number of nitrogens with zero attached hydrogens (tertiary/aromatic N) is 1. The lowest BCUT2D eigenvalue weighted by Crippen LogP contribution is -2.16. The Morgan fingerprint density at radius 3 is 2.69 bits per heavy atom. The largest absolute Gasteiger partial charge is 0.299 e. The number of aromatic nitrogens is 1. The van der Waals surface area contributed by atoms with Crippen LogP contribution in [-0.4, -0.2) is 10.8 Å². The molecule has 0 aliphatic heterocycles. The highest BCUT2D eigenvalue weighted by Gasteiger charge is 2.23. The van der Waals surface area contributed by atoms with Gasteiger partial charge in [0.1, 0.15) is 5.78 Å². The maximum Gasteiger partial charge on any atom is 0.140 e. The molecular weight excluding hydrogens is 162 g/mol. The Kier molecular flexibility index (Phi) is 2.39. The Balaban J connectivity index is 2.20. The molecule has 1 fully saturated rings. The van der Waals surface area contributed by atoms with Crippen molar-refractivity contribution in [3.05, 3.63) is 30.1 Å². The molecule has 0 N–H and O–H groups in total. The molecule has 2 rings (SSSR count). The molecule has 1 heterocycles. The van der Waals surface area contributed by atoms with E-state index in [0.29, 0.717) is 5.78 Å². The van der Waals surface area contributed by atoms with Gasteiger partial charge in [-0.15, -0.1) is 0 Å². The number of carbonyl (C=O) groups is 1. The summed E-state index contributed by atoms with van der Waals surface area (Å²) in [4.78, 5) is 15.5. The molecular formula is C11H13NO. The summed E-state index contributed by atoms with van der Waals surface area (Å²) in [7, 11) is 0. The Hall–Kier alpha value is -1.18. The van der Waals surface area contributed by atoms with Crippen LogP contribution in [0.5, 0.6) is 0 Å². The SMILES string of the molecule is O=C1CCCCC1c1ccncc1. The predicted octanol–water partition coefficient (Wildman–Crippen LogP) is 2.31. The van der Waals surface area contributed by atoms with Gasteiger partial charge in [-0.3, -0.25) is 9.78 Å². The molecule has 0 spiro atoms. The van der Waals surface area contributed by atoms with Gasteiger partial charge in [0.2, 0.25) is 0 Å². The van der Waals surface area contributed by atoms with Crippen LogP contribution in [0.1, 0.15) is 37.2 Å². The van der Waals surface area contributed by atoms with Gasteiger partial charge in [0.25, 0.3) is 0 Å². The van der Waals surface area contributed by atoms with E-state index in [1.807, 2.05) is 12.1 Å². The summed E-state index contributed by atoms with van der Waals surface area (Å²) in [5, 5.41) is 0. The fourth-order valence-electron chi connectivity index (χ4n) is 1.93. The van der Waals surface area contributed by atoms with E-state index in [1.165, 1.54) is 6.42 Å². The Morgan fingerprint density at radius 2 is 2.00 bits per heavy atom. The zero-order chi connectivity index (χ0) is 9.10. The van der Waals surface area contributed by atoms with Crippen LogP contribution in [0.2, 0.25) is 0 Å². The van der Waals surface area contributed by atoms with E-state index in [0.717, 1.165) is 24.8 Å². The maximum atomic E-state index is 11.6. The average Bonchev–Trinajstić information content (AvgIpc) is 2.20. The molecule has 1 saturated carbocycles. The average molecular weight is 175 g/mol. The molecule has 0 aromatic carbocycles. The van der Waals surface area contributed by atoms with E-state index in [9.17, 15) is 4.79 Å². The fourth-order valence-corrected chi connectivity index (χ4v) is 1.93.